The van der Waals surface area contributed by atoms with Gasteiger partial charge in [-0.1, -0.05) is 19.3 Å². The Morgan fingerprint density at radius 2 is 1.57 bits per heavy atom. The highest BCUT2D eigenvalue weighted by Gasteiger charge is 2.32. The van der Waals surface area contributed by atoms with Crippen molar-refractivity contribution in [3.05, 3.63) is 0 Å². The molecule has 0 aromatic heterocycles. The maximum Gasteiger partial charge on any atom is 0.225 e. The van der Waals surface area contributed by atoms with Gasteiger partial charge < -0.3 is 14.7 Å². The zero-order valence-corrected chi connectivity index (χ0v) is 15.0. The van der Waals surface area contributed by atoms with Crippen LogP contribution in [0.15, 0.2) is 0 Å². The van der Waals surface area contributed by atoms with Crippen LogP contribution in [0.1, 0.15) is 57.8 Å². The van der Waals surface area contributed by atoms with E-state index in [1.54, 1.807) is 0 Å². The summed E-state index contributed by atoms with van der Waals surface area (Å²) in [5, 5.41) is 0. The van der Waals surface area contributed by atoms with Crippen molar-refractivity contribution in [1.29, 1.82) is 0 Å². The molecule has 2 heterocycles. The van der Waals surface area contributed by atoms with Crippen LogP contribution in [0.3, 0.4) is 0 Å². The minimum absolute atomic E-state index is 0.341. The summed E-state index contributed by atoms with van der Waals surface area (Å²) in [6, 6.07) is 0.512. The number of piperazine rings is 1. The number of likely N-dealkylation sites (N-methyl/N-ethyl adjacent to an activating group) is 1. The van der Waals surface area contributed by atoms with Crippen molar-refractivity contribution in [2.45, 2.75) is 63.8 Å². The number of amides is 1. The Morgan fingerprint density at radius 1 is 0.870 bits per heavy atom. The molecule has 0 radical (unpaired) electrons. The zero-order valence-electron chi connectivity index (χ0n) is 15.0. The second-order valence-electron chi connectivity index (χ2n) is 7.95. The normalized spacial score (nSPS) is 28.9. The first-order valence-electron chi connectivity index (χ1n) is 9.95. The summed E-state index contributed by atoms with van der Waals surface area (Å²) < 4.78 is 0. The number of rotatable bonds is 4. The topological polar surface area (TPSA) is 26.8 Å². The standard InChI is InChI=1S/C19H35N3O/c1-20-13-15-21(16-14-20)12-10-18-9-5-6-11-22(18)19(23)17-7-3-2-4-8-17/h17-18H,2-16H2,1H3/t18-/m0/s1. The molecule has 23 heavy (non-hydrogen) atoms. The van der Waals surface area contributed by atoms with Crippen LogP contribution in [0.25, 0.3) is 0 Å². The smallest absolute Gasteiger partial charge is 0.225 e. The summed E-state index contributed by atoms with van der Waals surface area (Å²) >= 11 is 0. The predicted molar refractivity (Wildman–Crippen MR) is 94.5 cm³/mol. The van der Waals surface area contributed by atoms with Crippen molar-refractivity contribution in [2.24, 2.45) is 5.92 Å². The molecule has 2 saturated heterocycles. The predicted octanol–water partition coefficient (Wildman–Crippen LogP) is 2.59. The van der Waals surface area contributed by atoms with Crippen LogP contribution < -0.4 is 0 Å². The molecule has 0 N–H and O–H groups in total. The minimum atomic E-state index is 0.341. The Hall–Kier alpha value is -0.610. The summed E-state index contributed by atoms with van der Waals surface area (Å²) in [6.45, 7) is 6.96. The fourth-order valence-electron chi connectivity index (χ4n) is 4.58. The van der Waals surface area contributed by atoms with Gasteiger partial charge in [-0.05, 0) is 45.6 Å². The summed E-state index contributed by atoms with van der Waals surface area (Å²) in [5.74, 6) is 0.834. The van der Waals surface area contributed by atoms with Crippen molar-refractivity contribution < 1.29 is 4.79 Å². The highest BCUT2D eigenvalue weighted by Crippen LogP contribution is 2.29. The van der Waals surface area contributed by atoms with Gasteiger partial charge in [-0.15, -0.1) is 0 Å². The highest BCUT2D eigenvalue weighted by molar-refractivity contribution is 5.79. The van der Waals surface area contributed by atoms with E-state index in [1.807, 2.05) is 0 Å². The minimum Gasteiger partial charge on any atom is -0.339 e. The quantitative estimate of drug-likeness (QED) is 0.796. The van der Waals surface area contributed by atoms with Crippen LogP contribution >= 0.6 is 0 Å². The molecule has 3 aliphatic rings. The van der Waals surface area contributed by atoms with Crippen LogP contribution in [0.5, 0.6) is 0 Å². The fourth-order valence-corrected chi connectivity index (χ4v) is 4.58. The van der Waals surface area contributed by atoms with Gasteiger partial charge in [0.05, 0.1) is 0 Å². The Balaban J connectivity index is 1.50. The first-order valence-corrected chi connectivity index (χ1v) is 9.95. The molecule has 0 aromatic carbocycles. The maximum atomic E-state index is 13.0. The SMILES string of the molecule is CN1CCN(CC[C@@H]2CCCCN2C(=O)C2CCCCC2)CC1. The Morgan fingerprint density at radius 3 is 2.30 bits per heavy atom. The third-order valence-electron chi connectivity index (χ3n) is 6.24. The van der Waals surface area contributed by atoms with Gasteiger partial charge in [-0.3, -0.25) is 4.79 Å². The third-order valence-corrected chi connectivity index (χ3v) is 6.24. The van der Waals surface area contributed by atoms with E-state index < -0.39 is 0 Å². The Bertz CT molecular complexity index is 373. The number of nitrogens with zero attached hydrogens (tertiary/aromatic N) is 3. The molecule has 0 aromatic rings. The molecule has 3 rings (SSSR count). The molecule has 3 fully saturated rings. The lowest BCUT2D eigenvalue weighted by molar-refractivity contribution is -0.140. The van der Waals surface area contributed by atoms with E-state index in [0.717, 1.165) is 19.4 Å². The van der Waals surface area contributed by atoms with E-state index in [-0.39, 0.29) is 0 Å². The second-order valence-corrected chi connectivity index (χ2v) is 7.95. The number of piperidine rings is 1. The zero-order chi connectivity index (χ0) is 16.1. The second kappa shape index (κ2) is 8.48. The van der Waals surface area contributed by atoms with E-state index in [0.29, 0.717) is 17.9 Å². The average Bonchev–Trinajstić information content (AvgIpc) is 2.62. The van der Waals surface area contributed by atoms with Gasteiger partial charge in [0.15, 0.2) is 0 Å². The van der Waals surface area contributed by atoms with E-state index >= 15 is 0 Å². The van der Waals surface area contributed by atoms with Gasteiger partial charge in [0.25, 0.3) is 0 Å². The summed E-state index contributed by atoms with van der Waals surface area (Å²) in [5.41, 5.74) is 0. The summed E-state index contributed by atoms with van der Waals surface area (Å²) in [4.78, 5) is 20.3. The third kappa shape index (κ3) is 4.69. The lowest BCUT2D eigenvalue weighted by Gasteiger charge is -2.40. The highest BCUT2D eigenvalue weighted by atomic mass is 16.2. The van der Waals surface area contributed by atoms with Gasteiger partial charge in [-0.25, -0.2) is 0 Å². The molecule has 1 atom stereocenters. The van der Waals surface area contributed by atoms with Crippen molar-refractivity contribution >= 4 is 5.91 Å². The molecule has 0 spiro atoms. The van der Waals surface area contributed by atoms with Crippen molar-refractivity contribution in [1.82, 2.24) is 14.7 Å². The number of carbonyl (C=O) groups excluding carboxylic acids is 1. The van der Waals surface area contributed by atoms with E-state index in [2.05, 4.69) is 21.7 Å². The Labute approximate surface area is 142 Å². The van der Waals surface area contributed by atoms with Crippen LogP contribution in [0, 0.1) is 5.92 Å². The van der Waals surface area contributed by atoms with Gasteiger partial charge in [0.2, 0.25) is 5.91 Å². The lowest BCUT2D eigenvalue weighted by atomic mass is 9.86. The molecule has 4 heteroatoms. The van der Waals surface area contributed by atoms with Crippen molar-refractivity contribution in [3.63, 3.8) is 0 Å². The number of hydrogen-bond acceptors (Lipinski definition) is 3. The molecular formula is C19H35N3O. The van der Waals surface area contributed by atoms with E-state index in [1.165, 1.54) is 77.7 Å². The Kier molecular flexibility index (Phi) is 6.35. The van der Waals surface area contributed by atoms with E-state index in [4.69, 9.17) is 0 Å². The molecule has 0 bridgehead atoms. The molecular weight excluding hydrogens is 286 g/mol. The first kappa shape index (κ1) is 17.2. The molecule has 4 nitrogen and oxygen atoms in total. The summed E-state index contributed by atoms with van der Waals surface area (Å²) in [7, 11) is 2.21. The van der Waals surface area contributed by atoms with Crippen molar-refractivity contribution in [2.75, 3.05) is 46.3 Å². The van der Waals surface area contributed by atoms with Crippen LogP contribution in [0.4, 0.5) is 0 Å². The van der Waals surface area contributed by atoms with Gasteiger partial charge in [0.1, 0.15) is 0 Å². The van der Waals surface area contributed by atoms with Crippen LogP contribution in [0.2, 0.25) is 0 Å². The molecule has 0 unspecified atom stereocenters. The molecule has 1 saturated carbocycles. The van der Waals surface area contributed by atoms with E-state index in [9.17, 15) is 4.79 Å². The summed E-state index contributed by atoms with van der Waals surface area (Å²) in [6.07, 6.45) is 11.1. The van der Waals surface area contributed by atoms with Gasteiger partial charge in [0, 0.05) is 51.2 Å². The number of likely N-dealkylation sites (tertiary alicyclic amines) is 1. The molecule has 2 aliphatic heterocycles. The molecule has 1 aliphatic carbocycles. The van der Waals surface area contributed by atoms with Gasteiger partial charge in [-0.2, -0.15) is 0 Å². The van der Waals surface area contributed by atoms with Gasteiger partial charge >= 0.3 is 0 Å². The van der Waals surface area contributed by atoms with Crippen LogP contribution in [-0.4, -0.2) is 73.0 Å². The van der Waals surface area contributed by atoms with Crippen molar-refractivity contribution in [3.8, 4) is 0 Å². The number of hydrogen-bond donors (Lipinski definition) is 0. The largest absolute Gasteiger partial charge is 0.339 e. The lowest BCUT2D eigenvalue weighted by Crippen LogP contribution is -2.49. The monoisotopic (exact) mass is 321 g/mol. The molecule has 132 valence electrons. The first-order chi connectivity index (χ1) is 11.2. The average molecular weight is 322 g/mol. The maximum absolute atomic E-state index is 13.0. The number of carbonyl (C=O) groups is 1. The molecule has 1 amide bonds. The van der Waals surface area contributed by atoms with Crippen LogP contribution in [-0.2, 0) is 4.79 Å². The fraction of sp³-hybridized carbons (Fsp3) is 0.947.